The second-order valence-electron chi connectivity index (χ2n) is 6.40. The lowest BCUT2D eigenvalue weighted by Gasteiger charge is -2.29. The molecule has 1 heterocycles. The number of carbonyl (C=O) groups excluding carboxylic acids is 1. The Morgan fingerprint density at radius 3 is 2.18 bits per heavy atom. The Hall–Kier alpha value is -3.05. The molecule has 3 aromatic carbocycles. The van der Waals surface area contributed by atoms with Crippen molar-refractivity contribution in [2.45, 2.75) is 12.1 Å². The van der Waals surface area contributed by atoms with Crippen LogP contribution in [0.3, 0.4) is 0 Å². The molecule has 0 saturated carbocycles. The number of nitrogens with one attached hydrogen (secondary N) is 1. The summed E-state index contributed by atoms with van der Waals surface area (Å²) in [6, 6.07) is 29.2. The number of amides is 1. The maximum absolute atomic E-state index is 12.4. The molecule has 1 aliphatic heterocycles. The topological polar surface area (TPSA) is 50.7 Å². The highest BCUT2D eigenvalue weighted by molar-refractivity contribution is 8.14. The van der Waals surface area contributed by atoms with E-state index in [0.29, 0.717) is 11.4 Å². The Morgan fingerprint density at radius 2 is 1.50 bits per heavy atom. The third-order valence-corrected chi connectivity index (χ3v) is 5.54. The maximum atomic E-state index is 12.4. The minimum absolute atomic E-state index is 0.237. The predicted octanol–water partition coefficient (Wildman–Crippen LogP) is 5.54. The van der Waals surface area contributed by atoms with Crippen molar-refractivity contribution in [2.24, 2.45) is 4.99 Å². The fraction of sp³-hybridized carbons (Fsp3) is 0.130. The number of para-hydroxylation sites is 1. The molecule has 0 saturated heterocycles. The third-order valence-electron chi connectivity index (χ3n) is 4.43. The van der Waals surface area contributed by atoms with Crippen LogP contribution in [0.25, 0.3) is 0 Å². The number of aliphatic imine (C=N–C) groups is 1. The van der Waals surface area contributed by atoms with E-state index < -0.39 is 6.09 Å². The van der Waals surface area contributed by atoms with Crippen LogP contribution in [0.5, 0.6) is 0 Å². The van der Waals surface area contributed by atoms with E-state index >= 15 is 0 Å². The van der Waals surface area contributed by atoms with Gasteiger partial charge in [0.05, 0.1) is 5.04 Å². The number of carbonyl (C=O) groups is 1. The highest BCUT2D eigenvalue weighted by atomic mass is 32.2. The number of nitrogens with zero attached hydrogens (tertiary/aromatic N) is 1. The molecular formula is C23H20N2O2S. The first kappa shape index (κ1) is 18.3. The van der Waals surface area contributed by atoms with Gasteiger partial charge in [0.25, 0.3) is 0 Å². The molecule has 2 unspecified atom stereocenters. The van der Waals surface area contributed by atoms with Crippen molar-refractivity contribution in [1.29, 1.82) is 0 Å². The molecule has 28 heavy (non-hydrogen) atoms. The van der Waals surface area contributed by atoms with Gasteiger partial charge in [-0.15, -0.1) is 11.8 Å². The summed E-state index contributed by atoms with van der Waals surface area (Å²) in [7, 11) is 0. The first-order chi connectivity index (χ1) is 13.8. The minimum atomic E-state index is -0.462. The van der Waals surface area contributed by atoms with Crippen molar-refractivity contribution >= 4 is 28.6 Å². The van der Waals surface area contributed by atoms with Crippen LogP contribution in [0.2, 0.25) is 0 Å². The molecule has 1 aliphatic rings. The lowest BCUT2D eigenvalue weighted by Crippen LogP contribution is -2.32. The van der Waals surface area contributed by atoms with Gasteiger partial charge in [0.1, 0.15) is 12.1 Å². The number of anilines is 1. The molecule has 0 aromatic heterocycles. The Morgan fingerprint density at radius 1 is 0.893 bits per heavy atom. The van der Waals surface area contributed by atoms with Gasteiger partial charge < -0.3 is 4.74 Å². The summed E-state index contributed by atoms with van der Waals surface area (Å²) < 4.78 is 5.77. The number of rotatable bonds is 4. The first-order valence-electron chi connectivity index (χ1n) is 9.13. The van der Waals surface area contributed by atoms with Crippen molar-refractivity contribution < 1.29 is 9.53 Å². The monoisotopic (exact) mass is 388 g/mol. The SMILES string of the molecule is O=C(Nc1ccccc1)OC1CSC(c2ccccc2)=NC1c1ccccc1. The summed E-state index contributed by atoms with van der Waals surface area (Å²) in [4.78, 5) is 17.4. The summed E-state index contributed by atoms with van der Waals surface area (Å²) in [6.45, 7) is 0. The van der Waals surface area contributed by atoms with Crippen LogP contribution >= 0.6 is 11.8 Å². The normalized spacial score (nSPS) is 18.8. The quantitative estimate of drug-likeness (QED) is 0.638. The molecule has 5 heteroatoms. The van der Waals surface area contributed by atoms with Crippen molar-refractivity contribution in [3.63, 3.8) is 0 Å². The number of thioether (sulfide) groups is 1. The molecule has 0 radical (unpaired) electrons. The predicted molar refractivity (Wildman–Crippen MR) is 115 cm³/mol. The Balaban J connectivity index is 1.56. The first-order valence-corrected chi connectivity index (χ1v) is 10.1. The summed E-state index contributed by atoms with van der Waals surface area (Å²) in [5.41, 5.74) is 2.83. The fourth-order valence-corrected chi connectivity index (χ4v) is 4.15. The van der Waals surface area contributed by atoms with E-state index in [-0.39, 0.29) is 12.1 Å². The number of benzene rings is 3. The molecule has 4 rings (SSSR count). The van der Waals surface area contributed by atoms with E-state index in [1.54, 1.807) is 11.8 Å². The average Bonchev–Trinajstić information content (AvgIpc) is 2.76. The molecule has 2 atom stereocenters. The van der Waals surface area contributed by atoms with Crippen molar-refractivity contribution in [2.75, 3.05) is 11.1 Å². The Labute approximate surface area is 168 Å². The van der Waals surface area contributed by atoms with Gasteiger partial charge in [-0.05, 0) is 17.7 Å². The molecule has 0 aliphatic carbocycles. The summed E-state index contributed by atoms with van der Waals surface area (Å²) in [5, 5.41) is 3.76. The van der Waals surface area contributed by atoms with Gasteiger partial charge >= 0.3 is 6.09 Å². The second-order valence-corrected chi connectivity index (χ2v) is 7.41. The minimum Gasteiger partial charge on any atom is -0.442 e. The van der Waals surface area contributed by atoms with E-state index in [4.69, 9.17) is 9.73 Å². The van der Waals surface area contributed by atoms with Gasteiger partial charge in [0, 0.05) is 17.0 Å². The lowest BCUT2D eigenvalue weighted by molar-refractivity contribution is 0.108. The van der Waals surface area contributed by atoms with Gasteiger partial charge in [-0.1, -0.05) is 78.9 Å². The highest BCUT2D eigenvalue weighted by Crippen LogP contribution is 2.34. The van der Waals surface area contributed by atoms with Crippen molar-refractivity contribution in [3.8, 4) is 0 Å². The molecule has 1 amide bonds. The zero-order valence-electron chi connectivity index (χ0n) is 15.2. The van der Waals surface area contributed by atoms with E-state index in [0.717, 1.165) is 16.2 Å². The zero-order valence-corrected chi connectivity index (χ0v) is 16.0. The number of ether oxygens (including phenoxy) is 1. The van der Waals surface area contributed by atoms with E-state index in [2.05, 4.69) is 17.4 Å². The van der Waals surface area contributed by atoms with Crippen LogP contribution in [0.1, 0.15) is 17.2 Å². The maximum Gasteiger partial charge on any atom is 0.412 e. The van der Waals surface area contributed by atoms with Gasteiger partial charge in [0.15, 0.2) is 0 Å². The van der Waals surface area contributed by atoms with E-state index in [9.17, 15) is 4.79 Å². The van der Waals surface area contributed by atoms with Gasteiger partial charge in [-0.25, -0.2) is 4.79 Å². The Bertz CT molecular complexity index is 946. The number of hydrogen-bond acceptors (Lipinski definition) is 4. The third kappa shape index (κ3) is 4.43. The molecule has 0 bridgehead atoms. The van der Waals surface area contributed by atoms with Crippen LogP contribution < -0.4 is 5.32 Å². The smallest absolute Gasteiger partial charge is 0.412 e. The van der Waals surface area contributed by atoms with Gasteiger partial charge in [0.2, 0.25) is 0 Å². The van der Waals surface area contributed by atoms with Gasteiger partial charge in [-0.2, -0.15) is 0 Å². The van der Waals surface area contributed by atoms with Crippen LogP contribution in [0.15, 0.2) is 96.0 Å². The van der Waals surface area contributed by atoms with Crippen LogP contribution in [-0.4, -0.2) is 23.0 Å². The lowest BCUT2D eigenvalue weighted by atomic mass is 10.0. The van der Waals surface area contributed by atoms with Crippen LogP contribution in [0.4, 0.5) is 10.5 Å². The summed E-state index contributed by atoms with van der Waals surface area (Å²) >= 11 is 1.62. The highest BCUT2D eigenvalue weighted by Gasteiger charge is 2.31. The second kappa shape index (κ2) is 8.76. The molecule has 4 nitrogen and oxygen atoms in total. The molecule has 0 spiro atoms. The standard InChI is InChI=1S/C23H20N2O2S/c26-23(24-19-14-8-3-9-15-19)27-20-16-28-22(18-12-6-2-7-13-18)25-21(20)17-10-4-1-5-11-17/h1-15,20-21H,16H2,(H,24,26). The summed E-state index contributed by atoms with van der Waals surface area (Å²) in [6.07, 6.45) is -0.806. The van der Waals surface area contributed by atoms with Crippen molar-refractivity contribution in [1.82, 2.24) is 0 Å². The molecule has 140 valence electrons. The Kier molecular flexibility index (Phi) is 5.73. The number of hydrogen-bond donors (Lipinski definition) is 1. The zero-order chi connectivity index (χ0) is 19.2. The van der Waals surface area contributed by atoms with E-state index in [1.807, 2.05) is 78.9 Å². The molecular weight excluding hydrogens is 368 g/mol. The van der Waals surface area contributed by atoms with Crippen molar-refractivity contribution in [3.05, 3.63) is 102 Å². The summed E-state index contributed by atoms with van der Waals surface area (Å²) in [5.74, 6) is 0.648. The molecule has 3 aromatic rings. The van der Waals surface area contributed by atoms with Gasteiger partial charge in [-0.3, -0.25) is 10.3 Å². The largest absolute Gasteiger partial charge is 0.442 e. The van der Waals surface area contributed by atoms with Crippen LogP contribution in [0, 0.1) is 0 Å². The van der Waals surface area contributed by atoms with E-state index in [1.165, 1.54) is 0 Å². The fourth-order valence-electron chi connectivity index (χ4n) is 3.08. The van der Waals surface area contributed by atoms with Crippen LogP contribution in [-0.2, 0) is 4.74 Å². The average molecular weight is 388 g/mol. The molecule has 0 fully saturated rings. The molecule has 1 N–H and O–H groups in total.